The molecule has 3 aromatic rings. The number of alkyl halides is 3. The first-order valence-corrected chi connectivity index (χ1v) is 8.53. The van der Waals surface area contributed by atoms with E-state index in [1.165, 1.54) is 35.2 Å². The summed E-state index contributed by atoms with van der Waals surface area (Å²) in [5.74, 6) is -0.345. The van der Waals surface area contributed by atoms with Crippen molar-refractivity contribution in [3.05, 3.63) is 48.2 Å². The molecule has 0 fully saturated rings. The van der Waals surface area contributed by atoms with Gasteiger partial charge in [0.15, 0.2) is 9.99 Å². The standard InChI is InChI=1S/C15H10F3N3OS2/c16-15(17,18)9-3-1-4-10(7-9)20-12(22)8-23-14-21-13-11(24-14)5-2-6-19-13/h1-7H,8H2,(H,20,22). The van der Waals surface area contributed by atoms with Crippen LogP contribution in [-0.4, -0.2) is 21.6 Å². The fraction of sp³-hybridized carbons (Fsp3) is 0.133. The third-order valence-electron chi connectivity index (χ3n) is 2.95. The Morgan fingerprint density at radius 3 is 2.83 bits per heavy atom. The number of pyridine rings is 1. The predicted molar refractivity (Wildman–Crippen MR) is 88.2 cm³/mol. The van der Waals surface area contributed by atoms with Crippen LogP contribution in [0.4, 0.5) is 18.9 Å². The normalized spacial score (nSPS) is 11.6. The van der Waals surface area contributed by atoms with Crippen LogP contribution in [0.25, 0.3) is 10.3 Å². The van der Waals surface area contributed by atoms with Crippen LogP contribution in [0.15, 0.2) is 46.9 Å². The van der Waals surface area contributed by atoms with Crippen LogP contribution in [0.5, 0.6) is 0 Å². The molecule has 24 heavy (non-hydrogen) atoms. The zero-order valence-corrected chi connectivity index (χ0v) is 13.6. The number of thioether (sulfide) groups is 1. The minimum atomic E-state index is -4.44. The van der Waals surface area contributed by atoms with E-state index in [4.69, 9.17) is 0 Å². The summed E-state index contributed by atoms with van der Waals surface area (Å²) in [6.45, 7) is 0. The Balaban J connectivity index is 1.61. The minimum absolute atomic E-state index is 0.0517. The number of halogens is 3. The molecule has 1 amide bonds. The molecule has 9 heteroatoms. The van der Waals surface area contributed by atoms with Crippen molar-refractivity contribution in [2.24, 2.45) is 0 Å². The average molecular weight is 369 g/mol. The molecular formula is C15H10F3N3OS2. The summed E-state index contributed by atoms with van der Waals surface area (Å²) < 4.78 is 39.5. The number of aromatic nitrogens is 2. The highest BCUT2D eigenvalue weighted by Crippen LogP contribution is 2.31. The number of nitrogens with zero attached hydrogens (tertiary/aromatic N) is 2. The van der Waals surface area contributed by atoms with Gasteiger partial charge in [0.25, 0.3) is 0 Å². The van der Waals surface area contributed by atoms with E-state index in [-0.39, 0.29) is 11.4 Å². The van der Waals surface area contributed by atoms with Crippen molar-refractivity contribution in [3.8, 4) is 0 Å². The smallest absolute Gasteiger partial charge is 0.325 e. The molecule has 0 radical (unpaired) electrons. The van der Waals surface area contributed by atoms with Crippen molar-refractivity contribution < 1.29 is 18.0 Å². The summed E-state index contributed by atoms with van der Waals surface area (Å²) in [6.07, 6.45) is -2.81. The Kier molecular flexibility index (Phi) is 4.72. The zero-order valence-electron chi connectivity index (χ0n) is 12.0. The summed E-state index contributed by atoms with van der Waals surface area (Å²) in [5.41, 5.74) is -0.0742. The van der Waals surface area contributed by atoms with Crippen LogP contribution in [0.1, 0.15) is 5.56 Å². The number of carbonyl (C=O) groups is 1. The maximum atomic E-state index is 12.6. The van der Waals surface area contributed by atoms with Gasteiger partial charge in [0, 0.05) is 11.9 Å². The maximum Gasteiger partial charge on any atom is 0.416 e. The van der Waals surface area contributed by atoms with Gasteiger partial charge in [0.1, 0.15) is 0 Å². The molecule has 3 rings (SSSR count). The molecule has 2 heterocycles. The third kappa shape index (κ3) is 4.04. The second-order valence-electron chi connectivity index (χ2n) is 4.72. The number of hydrogen-bond acceptors (Lipinski definition) is 5. The summed E-state index contributed by atoms with van der Waals surface area (Å²) >= 11 is 2.63. The number of carbonyl (C=O) groups excluding carboxylic acids is 1. The van der Waals surface area contributed by atoms with Crippen LogP contribution in [0.2, 0.25) is 0 Å². The number of rotatable bonds is 4. The molecule has 0 bridgehead atoms. The molecule has 1 N–H and O–H groups in total. The molecule has 0 aliphatic carbocycles. The molecule has 0 spiro atoms. The van der Waals surface area contributed by atoms with Crippen LogP contribution >= 0.6 is 23.1 Å². The number of anilines is 1. The van der Waals surface area contributed by atoms with Crippen LogP contribution < -0.4 is 5.32 Å². The van der Waals surface area contributed by atoms with Crippen LogP contribution in [0, 0.1) is 0 Å². The van der Waals surface area contributed by atoms with E-state index in [0.717, 1.165) is 16.8 Å². The lowest BCUT2D eigenvalue weighted by Crippen LogP contribution is -2.15. The number of nitrogens with one attached hydrogen (secondary N) is 1. The number of amides is 1. The van der Waals surface area contributed by atoms with Crippen molar-refractivity contribution in [1.29, 1.82) is 0 Å². The highest BCUT2D eigenvalue weighted by atomic mass is 32.2. The van der Waals surface area contributed by atoms with E-state index in [1.54, 1.807) is 12.3 Å². The van der Waals surface area contributed by atoms with Gasteiger partial charge in [0.05, 0.1) is 16.0 Å². The molecule has 0 atom stereocenters. The number of fused-ring (bicyclic) bond motifs is 1. The van der Waals surface area contributed by atoms with E-state index < -0.39 is 17.6 Å². The van der Waals surface area contributed by atoms with Crippen LogP contribution in [-0.2, 0) is 11.0 Å². The molecule has 0 saturated heterocycles. The molecule has 2 aromatic heterocycles. The van der Waals surface area contributed by atoms with Crippen molar-refractivity contribution in [2.45, 2.75) is 10.5 Å². The Morgan fingerprint density at radius 1 is 1.25 bits per heavy atom. The molecule has 1 aromatic carbocycles. The first kappa shape index (κ1) is 16.7. The van der Waals surface area contributed by atoms with E-state index in [9.17, 15) is 18.0 Å². The SMILES string of the molecule is O=C(CSc1nc2ncccc2s1)Nc1cccc(C(F)(F)F)c1. The zero-order chi connectivity index (χ0) is 17.2. The summed E-state index contributed by atoms with van der Waals surface area (Å²) in [4.78, 5) is 20.3. The lowest BCUT2D eigenvalue weighted by molar-refractivity contribution is -0.137. The lowest BCUT2D eigenvalue weighted by Gasteiger charge is -2.09. The minimum Gasteiger partial charge on any atom is -0.325 e. The second kappa shape index (κ2) is 6.78. The molecule has 0 aliphatic rings. The van der Waals surface area contributed by atoms with E-state index >= 15 is 0 Å². The maximum absolute atomic E-state index is 12.6. The monoisotopic (exact) mass is 369 g/mol. The molecule has 0 aliphatic heterocycles. The molecule has 0 unspecified atom stereocenters. The van der Waals surface area contributed by atoms with Gasteiger partial charge in [0.2, 0.25) is 5.91 Å². The number of benzene rings is 1. The summed E-state index contributed by atoms with van der Waals surface area (Å²) in [5, 5.41) is 2.46. The lowest BCUT2D eigenvalue weighted by atomic mass is 10.2. The Bertz CT molecular complexity index is 847. The Labute approximate surface area is 143 Å². The predicted octanol–water partition coefficient (Wildman–Crippen LogP) is 4.44. The largest absolute Gasteiger partial charge is 0.416 e. The molecular weight excluding hydrogens is 359 g/mol. The molecule has 124 valence electrons. The molecule has 0 saturated carbocycles. The van der Waals surface area contributed by atoms with Crippen molar-refractivity contribution >= 4 is 45.0 Å². The highest BCUT2D eigenvalue weighted by Gasteiger charge is 2.30. The fourth-order valence-electron chi connectivity index (χ4n) is 1.91. The van der Waals surface area contributed by atoms with Gasteiger partial charge in [-0.1, -0.05) is 17.8 Å². The topological polar surface area (TPSA) is 54.9 Å². The van der Waals surface area contributed by atoms with Gasteiger partial charge < -0.3 is 5.32 Å². The van der Waals surface area contributed by atoms with Gasteiger partial charge in [-0.2, -0.15) is 13.2 Å². The van der Waals surface area contributed by atoms with Crippen molar-refractivity contribution in [2.75, 3.05) is 11.1 Å². The second-order valence-corrected chi connectivity index (χ2v) is 6.97. The van der Waals surface area contributed by atoms with Crippen molar-refractivity contribution in [1.82, 2.24) is 9.97 Å². The quantitative estimate of drug-likeness (QED) is 0.691. The van der Waals surface area contributed by atoms with E-state index in [0.29, 0.717) is 9.99 Å². The third-order valence-corrected chi connectivity index (χ3v) is 5.10. The Morgan fingerprint density at radius 2 is 2.08 bits per heavy atom. The number of thiazole rings is 1. The van der Waals surface area contributed by atoms with E-state index in [1.807, 2.05) is 6.07 Å². The average Bonchev–Trinajstić information content (AvgIpc) is 2.95. The fourth-order valence-corrected chi connectivity index (χ4v) is 3.72. The van der Waals surface area contributed by atoms with Gasteiger partial charge in [-0.15, -0.1) is 11.3 Å². The first-order chi connectivity index (χ1) is 11.4. The van der Waals surface area contributed by atoms with Gasteiger partial charge in [-0.3, -0.25) is 4.79 Å². The van der Waals surface area contributed by atoms with Crippen LogP contribution in [0.3, 0.4) is 0 Å². The van der Waals surface area contributed by atoms with Gasteiger partial charge in [-0.25, -0.2) is 9.97 Å². The van der Waals surface area contributed by atoms with Crippen molar-refractivity contribution in [3.63, 3.8) is 0 Å². The highest BCUT2D eigenvalue weighted by molar-refractivity contribution is 8.01. The van der Waals surface area contributed by atoms with Gasteiger partial charge in [-0.05, 0) is 30.3 Å². The van der Waals surface area contributed by atoms with Gasteiger partial charge >= 0.3 is 6.18 Å². The molecule has 4 nitrogen and oxygen atoms in total. The summed E-state index contributed by atoms with van der Waals surface area (Å²) in [6, 6.07) is 8.22. The number of hydrogen-bond donors (Lipinski definition) is 1. The Hall–Kier alpha value is -2.13. The summed E-state index contributed by atoms with van der Waals surface area (Å²) in [7, 11) is 0. The van der Waals surface area contributed by atoms with E-state index in [2.05, 4.69) is 15.3 Å². The first-order valence-electron chi connectivity index (χ1n) is 6.73.